The Hall–Kier alpha value is -1.43. The van der Waals surface area contributed by atoms with Crippen LogP contribution in [-0.4, -0.2) is 27.3 Å². The Kier molecular flexibility index (Phi) is 2.91. The molecular weight excluding hydrogens is 204 g/mol. The van der Waals surface area contributed by atoms with E-state index in [1.807, 2.05) is 29.8 Å². The number of aryl methyl sites for hydroxylation is 1. The molecule has 0 saturated carbocycles. The van der Waals surface area contributed by atoms with Gasteiger partial charge in [-0.2, -0.15) is 0 Å². The quantitative estimate of drug-likeness (QED) is 0.673. The summed E-state index contributed by atoms with van der Waals surface area (Å²) in [4.78, 5) is 4.24. The van der Waals surface area contributed by atoms with Crippen molar-refractivity contribution in [2.75, 3.05) is 6.54 Å². The van der Waals surface area contributed by atoms with Crippen molar-refractivity contribution >= 4 is 11.0 Å². The molecule has 5 heteroatoms. The van der Waals surface area contributed by atoms with Gasteiger partial charge in [0, 0.05) is 13.6 Å². The first-order valence-corrected chi connectivity index (χ1v) is 5.18. The number of hydrogen-bond donors (Lipinski definition) is 3. The summed E-state index contributed by atoms with van der Waals surface area (Å²) in [6, 6.07) is 5.27. The maximum atomic E-state index is 9.58. The number of nitrogens with two attached hydrogens (primary N) is 2. The van der Waals surface area contributed by atoms with Gasteiger partial charge in [-0.15, -0.1) is 0 Å². The third-order valence-electron chi connectivity index (χ3n) is 2.79. The van der Waals surface area contributed by atoms with Crippen molar-refractivity contribution < 1.29 is 5.11 Å². The lowest BCUT2D eigenvalue weighted by Crippen LogP contribution is -2.32. The highest BCUT2D eigenvalue weighted by molar-refractivity contribution is 5.76. The Balaban J connectivity index is 2.39. The summed E-state index contributed by atoms with van der Waals surface area (Å²) >= 11 is 0. The van der Waals surface area contributed by atoms with E-state index in [2.05, 4.69) is 4.98 Å². The standard InChI is InChI=1S/C11H16N4O/c1-15-6-14-8-4-7(2-3-9(8)15)11(13)10(16)5-12/h2-4,6,10-11,16H,5,12-13H2,1H3. The van der Waals surface area contributed by atoms with Gasteiger partial charge < -0.3 is 21.1 Å². The van der Waals surface area contributed by atoms with E-state index in [0.717, 1.165) is 16.6 Å². The van der Waals surface area contributed by atoms with Gasteiger partial charge in [-0.05, 0) is 17.7 Å². The summed E-state index contributed by atoms with van der Waals surface area (Å²) in [5.74, 6) is 0. The van der Waals surface area contributed by atoms with Crippen LogP contribution in [0.3, 0.4) is 0 Å². The highest BCUT2D eigenvalue weighted by Crippen LogP contribution is 2.19. The van der Waals surface area contributed by atoms with Crippen molar-refractivity contribution in [3.63, 3.8) is 0 Å². The molecule has 0 aliphatic rings. The monoisotopic (exact) mass is 220 g/mol. The summed E-state index contributed by atoms with van der Waals surface area (Å²) in [5, 5.41) is 9.58. The predicted octanol–water partition coefficient (Wildman–Crippen LogP) is -0.107. The minimum atomic E-state index is -0.721. The number of aliphatic hydroxyl groups excluding tert-OH is 1. The van der Waals surface area contributed by atoms with Crippen molar-refractivity contribution in [2.45, 2.75) is 12.1 Å². The Morgan fingerprint density at radius 2 is 2.25 bits per heavy atom. The van der Waals surface area contributed by atoms with Crippen molar-refractivity contribution in [2.24, 2.45) is 18.5 Å². The molecule has 0 fully saturated rings. The fraction of sp³-hybridized carbons (Fsp3) is 0.364. The average Bonchev–Trinajstić information content (AvgIpc) is 2.68. The highest BCUT2D eigenvalue weighted by atomic mass is 16.3. The van der Waals surface area contributed by atoms with E-state index >= 15 is 0 Å². The van der Waals surface area contributed by atoms with Gasteiger partial charge in [0.15, 0.2) is 0 Å². The topological polar surface area (TPSA) is 90.1 Å². The number of benzene rings is 1. The smallest absolute Gasteiger partial charge is 0.0955 e. The Morgan fingerprint density at radius 1 is 1.50 bits per heavy atom. The zero-order valence-corrected chi connectivity index (χ0v) is 9.17. The fourth-order valence-electron chi connectivity index (χ4n) is 1.73. The first-order chi connectivity index (χ1) is 7.63. The zero-order chi connectivity index (χ0) is 11.7. The number of rotatable bonds is 3. The third kappa shape index (κ3) is 1.80. The Bertz CT molecular complexity index is 494. The molecule has 0 saturated heterocycles. The SMILES string of the molecule is Cn1cnc2cc(C(N)C(O)CN)ccc21. The van der Waals surface area contributed by atoms with Gasteiger partial charge in [-0.1, -0.05) is 6.07 Å². The summed E-state index contributed by atoms with van der Waals surface area (Å²) in [5.41, 5.74) is 14.0. The Morgan fingerprint density at radius 3 is 2.94 bits per heavy atom. The number of nitrogens with zero attached hydrogens (tertiary/aromatic N) is 2. The van der Waals surface area contributed by atoms with Crippen LogP contribution >= 0.6 is 0 Å². The van der Waals surface area contributed by atoms with Crippen molar-refractivity contribution in [1.29, 1.82) is 0 Å². The van der Waals surface area contributed by atoms with Gasteiger partial charge >= 0.3 is 0 Å². The second-order valence-corrected chi connectivity index (χ2v) is 3.93. The molecule has 0 aliphatic heterocycles. The van der Waals surface area contributed by atoms with Crippen molar-refractivity contribution in [3.05, 3.63) is 30.1 Å². The van der Waals surface area contributed by atoms with Gasteiger partial charge in [0.2, 0.25) is 0 Å². The molecule has 1 aromatic carbocycles. The molecule has 0 aliphatic carbocycles. The van der Waals surface area contributed by atoms with Crippen molar-refractivity contribution in [1.82, 2.24) is 9.55 Å². The molecule has 0 amide bonds. The maximum absolute atomic E-state index is 9.58. The lowest BCUT2D eigenvalue weighted by molar-refractivity contribution is 0.153. The van der Waals surface area contributed by atoms with E-state index < -0.39 is 12.1 Å². The van der Waals surface area contributed by atoms with Crippen LogP contribution in [0.25, 0.3) is 11.0 Å². The molecule has 1 heterocycles. The van der Waals surface area contributed by atoms with Gasteiger partial charge in [0.05, 0.1) is 29.5 Å². The molecule has 86 valence electrons. The molecule has 2 unspecified atom stereocenters. The maximum Gasteiger partial charge on any atom is 0.0955 e. The van der Waals surface area contributed by atoms with Crippen molar-refractivity contribution in [3.8, 4) is 0 Å². The molecule has 2 aromatic rings. The summed E-state index contributed by atoms with van der Waals surface area (Å²) in [6.45, 7) is 0.154. The van der Waals surface area contributed by atoms with E-state index in [0.29, 0.717) is 0 Å². The van der Waals surface area contributed by atoms with E-state index in [4.69, 9.17) is 11.5 Å². The van der Waals surface area contributed by atoms with Crippen LogP contribution in [0, 0.1) is 0 Å². The van der Waals surface area contributed by atoms with E-state index in [9.17, 15) is 5.11 Å². The van der Waals surface area contributed by atoms with Gasteiger partial charge in [-0.25, -0.2) is 4.98 Å². The van der Waals surface area contributed by atoms with Crippen LogP contribution < -0.4 is 11.5 Å². The van der Waals surface area contributed by atoms with E-state index in [-0.39, 0.29) is 6.54 Å². The number of hydrogen-bond acceptors (Lipinski definition) is 4. The second-order valence-electron chi connectivity index (χ2n) is 3.93. The van der Waals surface area contributed by atoms with Crippen LogP contribution in [0.2, 0.25) is 0 Å². The Labute approximate surface area is 93.7 Å². The van der Waals surface area contributed by atoms with Crippen LogP contribution in [0.1, 0.15) is 11.6 Å². The van der Waals surface area contributed by atoms with Crippen LogP contribution in [-0.2, 0) is 7.05 Å². The molecule has 0 spiro atoms. The minimum Gasteiger partial charge on any atom is -0.390 e. The lowest BCUT2D eigenvalue weighted by atomic mass is 10.0. The molecule has 0 bridgehead atoms. The average molecular weight is 220 g/mol. The van der Waals surface area contributed by atoms with Gasteiger partial charge in [0.25, 0.3) is 0 Å². The largest absolute Gasteiger partial charge is 0.390 e. The van der Waals surface area contributed by atoms with Crippen LogP contribution in [0.5, 0.6) is 0 Å². The summed E-state index contributed by atoms with van der Waals surface area (Å²) in [6.07, 6.45) is 1.03. The summed E-state index contributed by atoms with van der Waals surface area (Å²) < 4.78 is 1.93. The molecule has 5 nitrogen and oxygen atoms in total. The number of aliphatic hydroxyl groups is 1. The third-order valence-corrected chi connectivity index (χ3v) is 2.79. The van der Waals surface area contributed by atoms with Crippen LogP contribution in [0.15, 0.2) is 24.5 Å². The van der Waals surface area contributed by atoms with E-state index in [1.165, 1.54) is 0 Å². The minimum absolute atomic E-state index is 0.154. The zero-order valence-electron chi connectivity index (χ0n) is 9.17. The van der Waals surface area contributed by atoms with Gasteiger partial charge in [0.1, 0.15) is 0 Å². The highest BCUT2D eigenvalue weighted by Gasteiger charge is 2.15. The number of imidazole rings is 1. The lowest BCUT2D eigenvalue weighted by Gasteiger charge is -2.17. The van der Waals surface area contributed by atoms with Crippen LogP contribution in [0.4, 0.5) is 0 Å². The first-order valence-electron chi connectivity index (χ1n) is 5.18. The van der Waals surface area contributed by atoms with E-state index in [1.54, 1.807) is 6.33 Å². The number of aromatic nitrogens is 2. The predicted molar refractivity (Wildman–Crippen MR) is 62.7 cm³/mol. The second kappa shape index (κ2) is 4.21. The van der Waals surface area contributed by atoms with Gasteiger partial charge in [-0.3, -0.25) is 0 Å². The molecule has 0 radical (unpaired) electrons. The molecule has 5 N–H and O–H groups in total. The number of fused-ring (bicyclic) bond motifs is 1. The normalized spacial score (nSPS) is 15.2. The first kappa shape index (κ1) is 11.1. The molecule has 2 rings (SSSR count). The fourth-order valence-corrected chi connectivity index (χ4v) is 1.73. The molecule has 16 heavy (non-hydrogen) atoms. The molecule has 1 aromatic heterocycles. The summed E-state index contributed by atoms with van der Waals surface area (Å²) in [7, 11) is 1.93. The molecular formula is C11H16N4O. The molecule has 2 atom stereocenters.